The molecule has 0 heterocycles. The summed E-state index contributed by atoms with van der Waals surface area (Å²) in [4.78, 5) is 0. The molecule has 1 aliphatic carbocycles. The highest BCUT2D eigenvalue weighted by molar-refractivity contribution is 5.34. The fourth-order valence-electron chi connectivity index (χ4n) is 3.09. The zero-order valence-electron chi connectivity index (χ0n) is 11.6. The molecule has 2 rings (SSSR count). The zero-order valence-corrected chi connectivity index (χ0v) is 11.6. The van der Waals surface area contributed by atoms with E-state index in [1.807, 2.05) is 13.8 Å². The SMILES string of the molecule is CC1(C)CCCCC1(N)c1ccc(F)c(C(F)(F)F)c1. The Morgan fingerprint density at radius 2 is 1.70 bits per heavy atom. The van der Waals surface area contributed by atoms with Crippen molar-refractivity contribution in [1.29, 1.82) is 0 Å². The van der Waals surface area contributed by atoms with Crippen LogP contribution >= 0.6 is 0 Å². The van der Waals surface area contributed by atoms with Crippen molar-refractivity contribution in [2.24, 2.45) is 11.1 Å². The molecule has 0 radical (unpaired) electrons. The van der Waals surface area contributed by atoms with Crippen LogP contribution in [0.15, 0.2) is 18.2 Å². The second-order valence-corrected chi connectivity index (χ2v) is 6.25. The topological polar surface area (TPSA) is 26.0 Å². The molecule has 112 valence electrons. The van der Waals surface area contributed by atoms with Crippen molar-refractivity contribution in [2.75, 3.05) is 0 Å². The van der Waals surface area contributed by atoms with Crippen LogP contribution in [0.2, 0.25) is 0 Å². The number of alkyl halides is 3. The molecule has 1 saturated carbocycles. The van der Waals surface area contributed by atoms with Gasteiger partial charge in [-0.1, -0.05) is 32.8 Å². The van der Waals surface area contributed by atoms with Crippen molar-refractivity contribution < 1.29 is 17.6 Å². The number of hydrogen-bond acceptors (Lipinski definition) is 1. The Kier molecular flexibility index (Phi) is 3.61. The maximum absolute atomic E-state index is 13.4. The van der Waals surface area contributed by atoms with Crippen LogP contribution in [0.3, 0.4) is 0 Å². The fourth-order valence-corrected chi connectivity index (χ4v) is 3.09. The van der Waals surface area contributed by atoms with Gasteiger partial charge < -0.3 is 5.73 Å². The van der Waals surface area contributed by atoms with Gasteiger partial charge >= 0.3 is 6.18 Å². The number of benzene rings is 1. The molecule has 0 spiro atoms. The van der Waals surface area contributed by atoms with Crippen molar-refractivity contribution in [3.8, 4) is 0 Å². The van der Waals surface area contributed by atoms with Gasteiger partial charge in [0.25, 0.3) is 0 Å². The van der Waals surface area contributed by atoms with Crippen LogP contribution < -0.4 is 5.73 Å². The Hall–Kier alpha value is -1.10. The van der Waals surface area contributed by atoms with Gasteiger partial charge in [-0.2, -0.15) is 13.2 Å². The lowest BCUT2D eigenvalue weighted by atomic mass is 9.61. The lowest BCUT2D eigenvalue weighted by Crippen LogP contribution is -2.51. The Labute approximate surface area is 116 Å². The molecular weight excluding hydrogens is 270 g/mol. The molecule has 1 atom stereocenters. The van der Waals surface area contributed by atoms with E-state index in [1.165, 1.54) is 6.07 Å². The first-order valence-electron chi connectivity index (χ1n) is 6.74. The van der Waals surface area contributed by atoms with Gasteiger partial charge in [-0.15, -0.1) is 0 Å². The normalized spacial score (nSPS) is 26.6. The molecule has 2 N–H and O–H groups in total. The van der Waals surface area contributed by atoms with E-state index in [9.17, 15) is 17.6 Å². The molecule has 0 aromatic heterocycles. The van der Waals surface area contributed by atoms with Gasteiger partial charge in [-0.3, -0.25) is 0 Å². The Balaban J connectivity index is 2.52. The standard InChI is InChI=1S/C15H19F4N/c1-13(2)7-3-4-8-14(13,20)10-5-6-12(16)11(9-10)15(17,18)19/h5-6,9H,3-4,7-8,20H2,1-2H3. The fraction of sp³-hybridized carbons (Fsp3) is 0.600. The molecule has 5 heteroatoms. The van der Waals surface area contributed by atoms with Crippen molar-refractivity contribution in [3.05, 3.63) is 35.1 Å². The number of halogens is 4. The summed E-state index contributed by atoms with van der Waals surface area (Å²) in [6.07, 6.45) is -1.35. The van der Waals surface area contributed by atoms with E-state index >= 15 is 0 Å². The third-order valence-electron chi connectivity index (χ3n) is 4.62. The minimum absolute atomic E-state index is 0.314. The third-order valence-corrected chi connectivity index (χ3v) is 4.62. The summed E-state index contributed by atoms with van der Waals surface area (Å²) in [5.74, 6) is -1.25. The summed E-state index contributed by atoms with van der Waals surface area (Å²) in [6.45, 7) is 3.92. The van der Waals surface area contributed by atoms with Gasteiger partial charge in [-0.25, -0.2) is 4.39 Å². The van der Waals surface area contributed by atoms with Gasteiger partial charge in [0.1, 0.15) is 5.82 Å². The van der Waals surface area contributed by atoms with Crippen molar-refractivity contribution >= 4 is 0 Å². The monoisotopic (exact) mass is 289 g/mol. The summed E-state index contributed by atoms with van der Waals surface area (Å²) in [7, 11) is 0. The summed E-state index contributed by atoms with van der Waals surface area (Å²) in [5.41, 5.74) is 4.41. The van der Waals surface area contributed by atoms with E-state index in [-0.39, 0.29) is 5.41 Å². The lowest BCUT2D eigenvalue weighted by Gasteiger charge is -2.48. The van der Waals surface area contributed by atoms with E-state index in [1.54, 1.807) is 0 Å². The molecule has 0 amide bonds. The predicted octanol–water partition coefficient (Wildman–Crippen LogP) is 4.60. The summed E-state index contributed by atoms with van der Waals surface area (Å²) < 4.78 is 51.9. The average Bonchev–Trinajstić information content (AvgIpc) is 2.32. The van der Waals surface area contributed by atoms with Crippen LogP contribution in [0.5, 0.6) is 0 Å². The second kappa shape index (κ2) is 4.72. The van der Waals surface area contributed by atoms with Gasteiger partial charge in [0.05, 0.1) is 5.56 Å². The van der Waals surface area contributed by atoms with E-state index in [2.05, 4.69) is 0 Å². The Morgan fingerprint density at radius 3 is 2.25 bits per heavy atom. The van der Waals surface area contributed by atoms with Crippen LogP contribution in [-0.4, -0.2) is 0 Å². The molecule has 0 aliphatic heterocycles. The third kappa shape index (κ3) is 2.43. The largest absolute Gasteiger partial charge is 0.419 e. The summed E-state index contributed by atoms with van der Waals surface area (Å²) in [6, 6.07) is 3.14. The number of hydrogen-bond donors (Lipinski definition) is 1. The van der Waals surface area contributed by atoms with E-state index in [4.69, 9.17) is 5.73 Å². The summed E-state index contributed by atoms with van der Waals surface area (Å²) >= 11 is 0. The van der Waals surface area contributed by atoms with Crippen LogP contribution in [0.25, 0.3) is 0 Å². The van der Waals surface area contributed by atoms with Gasteiger partial charge in [0, 0.05) is 5.54 Å². The quantitative estimate of drug-likeness (QED) is 0.751. The highest BCUT2D eigenvalue weighted by Gasteiger charge is 2.46. The van der Waals surface area contributed by atoms with Gasteiger partial charge in [-0.05, 0) is 36.0 Å². The molecule has 1 nitrogen and oxygen atoms in total. The molecule has 20 heavy (non-hydrogen) atoms. The molecule has 0 saturated heterocycles. The number of rotatable bonds is 1. The smallest absolute Gasteiger partial charge is 0.321 e. The second-order valence-electron chi connectivity index (χ2n) is 6.25. The molecule has 1 aliphatic rings. The molecular formula is C15H19F4N. The Morgan fingerprint density at radius 1 is 1.10 bits per heavy atom. The minimum Gasteiger partial charge on any atom is -0.321 e. The molecule has 1 aromatic rings. The lowest BCUT2D eigenvalue weighted by molar-refractivity contribution is -0.140. The first kappa shape index (κ1) is 15.3. The number of nitrogens with two attached hydrogens (primary N) is 1. The van der Waals surface area contributed by atoms with E-state index < -0.39 is 23.1 Å². The molecule has 0 bridgehead atoms. The van der Waals surface area contributed by atoms with Crippen LogP contribution in [0, 0.1) is 11.2 Å². The van der Waals surface area contributed by atoms with Crippen molar-refractivity contribution in [1.82, 2.24) is 0 Å². The maximum atomic E-state index is 13.4. The molecule has 1 aromatic carbocycles. The van der Waals surface area contributed by atoms with Crippen LogP contribution in [-0.2, 0) is 11.7 Å². The first-order chi connectivity index (χ1) is 9.08. The van der Waals surface area contributed by atoms with E-state index in [0.29, 0.717) is 12.0 Å². The molecule has 1 fully saturated rings. The van der Waals surface area contributed by atoms with Crippen molar-refractivity contribution in [2.45, 2.75) is 51.2 Å². The maximum Gasteiger partial charge on any atom is 0.419 e. The first-order valence-corrected chi connectivity index (χ1v) is 6.74. The van der Waals surface area contributed by atoms with Crippen molar-refractivity contribution in [3.63, 3.8) is 0 Å². The predicted molar refractivity (Wildman–Crippen MR) is 69.5 cm³/mol. The highest BCUT2D eigenvalue weighted by atomic mass is 19.4. The van der Waals surface area contributed by atoms with Crippen LogP contribution in [0.4, 0.5) is 17.6 Å². The Bertz CT molecular complexity index is 507. The zero-order chi connectivity index (χ0) is 15.2. The molecule has 1 unspecified atom stereocenters. The minimum atomic E-state index is -4.70. The summed E-state index contributed by atoms with van der Waals surface area (Å²) in [5, 5.41) is 0. The van der Waals surface area contributed by atoms with Gasteiger partial charge in [0.15, 0.2) is 0 Å². The van der Waals surface area contributed by atoms with Crippen LogP contribution in [0.1, 0.15) is 50.7 Å². The van der Waals surface area contributed by atoms with E-state index in [0.717, 1.165) is 31.4 Å². The highest BCUT2D eigenvalue weighted by Crippen LogP contribution is 2.49. The average molecular weight is 289 g/mol. The van der Waals surface area contributed by atoms with Gasteiger partial charge in [0.2, 0.25) is 0 Å².